The molecule has 0 amide bonds. The van der Waals surface area contributed by atoms with Gasteiger partial charge in [-0.3, -0.25) is 0 Å². The van der Waals surface area contributed by atoms with Gasteiger partial charge in [0.15, 0.2) is 5.75 Å². The molecule has 0 unspecified atom stereocenters. The number of ether oxygens (including phenoxy) is 3. The van der Waals surface area contributed by atoms with Crippen molar-refractivity contribution < 1.29 is 14.2 Å². The third-order valence-electron chi connectivity index (χ3n) is 3.37. The van der Waals surface area contributed by atoms with E-state index in [0.29, 0.717) is 51.8 Å². The first-order valence-electron chi connectivity index (χ1n) is 8.00. The highest BCUT2D eigenvalue weighted by molar-refractivity contribution is 6.56. The number of halogens is 5. The quantitative estimate of drug-likeness (QED) is 0.354. The van der Waals surface area contributed by atoms with Gasteiger partial charge in [-0.2, -0.15) is 0 Å². The molecule has 0 fully saturated rings. The summed E-state index contributed by atoms with van der Waals surface area (Å²) in [7, 11) is 0. The fourth-order valence-corrected chi connectivity index (χ4v) is 2.77. The molecule has 0 aromatic heterocycles. The molecule has 0 saturated carbocycles. The molecular formula is C19H17Cl5O3. The first kappa shape index (κ1) is 22.3. The van der Waals surface area contributed by atoms with Crippen LogP contribution in [0.3, 0.4) is 0 Å². The van der Waals surface area contributed by atoms with Crippen LogP contribution in [0.25, 0.3) is 0 Å². The lowest BCUT2D eigenvalue weighted by Gasteiger charge is -2.13. The van der Waals surface area contributed by atoms with Crippen molar-refractivity contribution in [2.24, 2.45) is 0 Å². The molecule has 0 aliphatic heterocycles. The molecule has 0 spiro atoms. The summed E-state index contributed by atoms with van der Waals surface area (Å²) >= 11 is 29.7. The van der Waals surface area contributed by atoms with Crippen LogP contribution >= 0.6 is 58.0 Å². The number of hydrogen-bond acceptors (Lipinski definition) is 3. The van der Waals surface area contributed by atoms with E-state index in [0.717, 1.165) is 5.75 Å². The summed E-state index contributed by atoms with van der Waals surface area (Å²) in [6.45, 7) is 2.89. The van der Waals surface area contributed by atoms with Gasteiger partial charge in [0.25, 0.3) is 0 Å². The van der Waals surface area contributed by atoms with E-state index < -0.39 is 0 Å². The SMILES string of the molecule is CC(COc1cc(Cl)c(OCCCOc2ccc(Cl)cc2)c(Cl)c1)=C(Cl)Cl. The largest absolute Gasteiger partial charge is 0.493 e. The van der Waals surface area contributed by atoms with Gasteiger partial charge in [-0.1, -0.05) is 58.0 Å². The molecule has 0 atom stereocenters. The smallest absolute Gasteiger partial charge is 0.156 e. The van der Waals surface area contributed by atoms with Crippen LogP contribution in [0.15, 0.2) is 46.5 Å². The van der Waals surface area contributed by atoms with Crippen molar-refractivity contribution in [3.63, 3.8) is 0 Å². The summed E-state index contributed by atoms with van der Waals surface area (Å²) in [4.78, 5) is 0. The molecule has 8 heteroatoms. The summed E-state index contributed by atoms with van der Waals surface area (Å²) < 4.78 is 17.0. The second-order valence-corrected chi connectivity index (χ2v) is 7.75. The second kappa shape index (κ2) is 11.1. The highest BCUT2D eigenvalue weighted by Gasteiger charge is 2.11. The Morgan fingerprint density at radius 3 is 2.00 bits per heavy atom. The standard InChI is InChI=1S/C19H17Cl5O3/c1-12(19(23)24)11-27-15-9-16(21)18(17(22)10-15)26-8-2-7-25-14-5-3-13(20)4-6-14/h3-6,9-10H,2,7-8,11H2,1H3. The molecule has 0 aliphatic carbocycles. The first-order valence-corrected chi connectivity index (χ1v) is 9.89. The van der Waals surface area contributed by atoms with Crippen LogP contribution in [-0.2, 0) is 0 Å². The Kier molecular flexibility index (Phi) is 9.20. The number of hydrogen-bond donors (Lipinski definition) is 0. The lowest BCUT2D eigenvalue weighted by atomic mass is 10.3. The molecule has 27 heavy (non-hydrogen) atoms. The molecule has 146 valence electrons. The van der Waals surface area contributed by atoms with Crippen molar-refractivity contribution >= 4 is 58.0 Å². The van der Waals surface area contributed by atoms with Gasteiger partial charge in [-0.15, -0.1) is 0 Å². The summed E-state index contributed by atoms with van der Waals surface area (Å²) in [5.41, 5.74) is 0.701. The van der Waals surface area contributed by atoms with E-state index in [4.69, 9.17) is 72.2 Å². The first-order chi connectivity index (χ1) is 12.9. The van der Waals surface area contributed by atoms with Crippen LogP contribution < -0.4 is 14.2 Å². The number of benzene rings is 2. The Morgan fingerprint density at radius 1 is 0.815 bits per heavy atom. The predicted octanol–water partition coefficient (Wildman–Crippen LogP) is 7.58. The summed E-state index contributed by atoms with van der Waals surface area (Å²) in [5, 5.41) is 1.38. The molecule has 0 saturated heterocycles. The van der Waals surface area contributed by atoms with Crippen LogP contribution in [-0.4, -0.2) is 19.8 Å². The van der Waals surface area contributed by atoms with Crippen molar-refractivity contribution in [1.82, 2.24) is 0 Å². The van der Waals surface area contributed by atoms with Gasteiger partial charge in [0, 0.05) is 23.6 Å². The van der Waals surface area contributed by atoms with Gasteiger partial charge in [0.1, 0.15) is 22.6 Å². The Bertz CT molecular complexity index is 763. The van der Waals surface area contributed by atoms with Gasteiger partial charge in [-0.25, -0.2) is 0 Å². The molecule has 3 nitrogen and oxygen atoms in total. The Morgan fingerprint density at radius 2 is 1.41 bits per heavy atom. The van der Waals surface area contributed by atoms with Crippen molar-refractivity contribution in [2.75, 3.05) is 19.8 Å². The molecule has 0 heterocycles. The zero-order chi connectivity index (χ0) is 19.8. The van der Waals surface area contributed by atoms with Gasteiger partial charge >= 0.3 is 0 Å². The van der Waals surface area contributed by atoms with E-state index in [2.05, 4.69) is 0 Å². The third-order valence-corrected chi connectivity index (χ3v) is 4.83. The average molecular weight is 471 g/mol. The van der Waals surface area contributed by atoms with Crippen molar-refractivity contribution in [1.29, 1.82) is 0 Å². The van der Waals surface area contributed by atoms with Crippen LogP contribution in [0, 0.1) is 0 Å². The Balaban J connectivity index is 1.82. The van der Waals surface area contributed by atoms with Crippen molar-refractivity contribution in [2.45, 2.75) is 13.3 Å². The minimum Gasteiger partial charge on any atom is -0.493 e. The monoisotopic (exact) mass is 468 g/mol. The number of rotatable bonds is 9. The maximum atomic E-state index is 6.24. The molecule has 2 aromatic rings. The maximum Gasteiger partial charge on any atom is 0.156 e. The van der Waals surface area contributed by atoms with Gasteiger partial charge < -0.3 is 14.2 Å². The van der Waals surface area contributed by atoms with Crippen LogP contribution in [0.1, 0.15) is 13.3 Å². The zero-order valence-electron chi connectivity index (χ0n) is 14.4. The van der Waals surface area contributed by atoms with Gasteiger partial charge in [0.2, 0.25) is 0 Å². The molecule has 2 aromatic carbocycles. The lowest BCUT2D eigenvalue weighted by molar-refractivity contribution is 0.247. The van der Waals surface area contributed by atoms with E-state index in [1.54, 1.807) is 31.2 Å². The second-order valence-electron chi connectivity index (χ2n) is 5.55. The van der Waals surface area contributed by atoms with E-state index >= 15 is 0 Å². The zero-order valence-corrected chi connectivity index (χ0v) is 18.2. The van der Waals surface area contributed by atoms with Crippen molar-refractivity contribution in [3.8, 4) is 17.2 Å². The lowest BCUT2D eigenvalue weighted by Crippen LogP contribution is -2.06. The predicted molar refractivity (Wildman–Crippen MR) is 113 cm³/mol. The third kappa shape index (κ3) is 7.52. The van der Waals surface area contributed by atoms with Gasteiger partial charge in [-0.05, 0) is 36.8 Å². The minimum atomic E-state index is 0.174. The summed E-state index contributed by atoms with van der Waals surface area (Å²) in [5.74, 6) is 1.65. The maximum absolute atomic E-state index is 6.24. The fraction of sp³-hybridized carbons (Fsp3) is 0.263. The average Bonchev–Trinajstić information content (AvgIpc) is 2.62. The van der Waals surface area contributed by atoms with E-state index in [1.165, 1.54) is 0 Å². The highest BCUT2D eigenvalue weighted by Crippen LogP contribution is 2.37. The molecule has 0 aliphatic rings. The van der Waals surface area contributed by atoms with Crippen LogP contribution in [0.2, 0.25) is 15.1 Å². The van der Waals surface area contributed by atoms with E-state index in [9.17, 15) is 0 Å². The molecular weight excluding hydrogens is 453 g/mol. The van der Waals surface area contributed by atoms with Crippen LogP contribution in [0.4, 0.5) is 0 Å². The van der Waals surface area contributed by atoms with E-state index in [1.807, 2.05) is 12.1 Å². The van der Waals surface area contributed by atoms with Gasteiger partial charge in [0.05, 0.1) is 23.3 Å². The van der Waals surface area contributed by atoms with Crippen LogP contribution in [0.5, 0.6) is 17.2 Å². The van der Waals surface area contributed by atoms with E-state index in [-0.39, 0.29) is 11.1 Å². The Labute approximate surface area is 183 Å². The molecule has 0 bridgehead atoms. The molecule has 0 N–H and O–H groups in total. The van der Waals surface area contributed by atoms with Crippen molar-refractivity contribution in [3.05, 3.63) is 61.5 Å². The Hall–Kier alpha value is -0.970. The molecule has 2 rings (SSSR count). The normalized spacial score (nSPS) is 10.4. The fourth-order valence-electron chi connectivity index (χ4n) is 1.96. The minimum absolute atomic E-state index is 0.174. The summed E-state index contributed by atoms with van der Waals surface area (Å²) in [6, 6.07) is 10.4. The topological polar surface area (TPSA) is 27.7 Å². The summed E-state index contributed by atoms with van der Waals surface area (Å²) in [6.07, 6.45) is 0.658. The molecule has 0 radical (unpaired) electrons. The highest BCUT2D eigenvalue weighted by atomic mass is 35.5.